The smallest absolute Gasteiger partial charge is 0.338 e. The molecule has 0 fully saturated rings. The predicted octanol–water partition coefficient (Wildman–Crippen LogP) is 1.27. The van der Waals surface area contributed by atoms with E-state index in [-0.39, 0.29) is 6.61 Å². The normalized spacial score (nSPS) is 13.8. The van der Waals surface area contributed by atoms with Crippen molar-refractivity contribution in [2.45, 2.75) is 33.0 Å². The Morgan fingerprint density at radius 2 is 1.95 bits per heavy atom. The SMILES string of the molecule is CCOC(=O)[C@@H](O)[C@H](O)c1cc(C)cc(C)c1OC. The molecule has 0 aliphatic rings. The minimum Gasteiger partial charge on any atom is -0.496 e. The minimum atomic E-state index is -1.63. The lowest BCUT2D eigenvalue weighted by Gasteiger charge is -2.20. The Kier molecular flexibility index (Phi) is 5.32. The van der Waals surface area contributed by atoms with E-state index in [0.717, 1.165) is 11.1 Å². The standard InChI is InChI=1S/C14H20O5/c1-5-19-14(17)12(16)11(15)10-7-8(2)6-9(3)13(10)18-4/h6-7,11-12,15-16H,5H2,1-4H3/t11-,12+/m1/s1. The van der Waals surface area contributed by atoms with Gasteiger partial charge in [-0.1, -0.05) is 11.6 Å². The summed E-state index contributed by atoms with van der Waals surface area (Å²) in [7, 11) is 1.48. The Morgan fingerprint density at radius 3 is 2.47 bits per heavy atom. The summed E-state index contributed by atoms with van der Waals surface area (Å²) in [5.41, 5.74) is 2.11. The van der Waals surface area contributed by atoms with Crippen LogP contribution >= 0.6 is 0 Å². The highest BCUT2D eigenvalue weighted by atomic mass is 16.5. The van der Waals surface area contributed by atoms with Crippen LogP contribution in [0.1, 0.15) is 29.7 Å². The number of aryl methyl sites for hydroxylation is 2. The van der Waals surface area contributed by atoms with E-state index in [4.69, 9.17) is 9.47 Å². The van der Waals surface area contributed by atoms with Gasteiger partial charge in [-0.3, -0.25) is 0 Å². The van der Waals surface area contributed by atoms with Gasteiger partial charge in [-0.2, -0.15) is 0 Å². The summed E-state index contributed by atoms with van der Waals surface area (Å²) in [6.07, 6.45) is -3.01. The molecule has 0 amide bonds. The van der Waals surface area contributed by atoms with Crippen LogP contribution in [0, 0.1) is 13.8 Å². The Morgan fingerprint density at radius 1 is 1.32 bits per heavy atom. The third-order valence-corrected chi connectivity index (χ3v) is 2.80. The molecular weight excluding hydrogens is 248 g/mol. The third-order valence-electron chi connectivity index (χ3n) is 2.80. The van der Waals surface area contributed by atoms with Gasteiger partial charge in [-0.25, -0.2) is 4.79 Å². The van der Waals surface area contributed by atoms with Gasteiger partial charge in [-0.15, -0.1) is 0 Å². The summed E-state index contributed by atoms with van der Waals surface area (Å²) in [4.78, 5) is 11.5. The van der Waals surface area contributed by atoms with Crippen LogP contribution < -0.4 is 4.74 Å². The maximum atomic E-state index is 11.5. The summed E-state index contributed by atoms with van der Waals surface area (Å²) in [6.45, 7) is 5.47. The molecule has 0 unspecified atom stereocenters. The fraction of sp³-hybridized carbons (Fsp3) is 0.500. The van der Waals surface area contributed by atoms with Crippen molar-refractivity contribution >= 4 is 5.97 Å². The Bertz CT molecular complexity index is 455. The van der Waals surface area contributed by atoms with Gasteiger partial charge >= 0.3 is 5.97 Å². The van der Waals surface area contributed by atoms with Crippen molar-refractivity contribution in [3.8, 4) is 5.75 Å². The van der Waals surface area contributed by atoms with Gasteiger partial charge in [0.1, 0.15) is 11.9 Å². The maximum absolute atomic E-state index is 11.5. The van der Waals surface area contributed by atoms with Gasteiger partial charge in [0, 0.05) is 5.56 Å². The maximum Gasteiger partial charge on any atom is 0.338 e. The van der Waals surface area contributed by atoms with E-state index in [1.54, 1.807) is 13.0 Å². The minimum absolute atomic E-state index is 0.145. The first-order valence-electron chi connectivity index (χ1n) is 6.10. The van der Waals surface area contributed by atoms with E-state index in [9.17, 15) is 15.0 Å². The van der Waals surface area contributed by atoms with Gasteiger partial charge in [0.25, 0.3) is 0 Å². The highest BCUT2D eigenvalue weighted by Crippen LogP contribution is 2.32. The zero-order valence-electron chi connectivity index (χ0n) is 11.6. The molecule has 0 bridgehead atoms. The van der Waals surface area contributed by atoms with E-state index in [1.807, 2.05) is 19.9 Å². The number of hydrogen-bond donors (Lipinski definition) is 2. The van der Waals surface area contributed by atoms with Gasteiger partial charge in [0.05, 0.1) is 13.7 Å². The molecule has 2 N–H and O–H groups in total. The molecule has 1 rings (SSSR count). The van der Waals surface area contributed by atoms with Crippen molar-refractivity contribution in [3.05, 3.63) is 28.8 Å². The Hall–Kier alpha value is -1.59. The summed E-state index contributed by atoms with van der Waals surface area (Å²) < 4.78 is 9.91. The largest absolute Gasteiger partial charge is 0.496 e. The first-order valence-corrected chi connectivity index (χ1v) is 6.10. The van der Waals surface area contributed by atoms with Crippen LogP contribution in [-0.2, 0) is 9.53 Å². The van der Waals surface area contributed by atoms with Crippen molar-refractivity contribution in [1.82, 2.24) is 0 Å². The van der Waals surface area contributed by atoms with E-state index in [1.165, 1.54) is 7.11 Å². The van der Waals surface area contributed by atoms with E-state index in [2.05, 4.69) is 0 Å². The molecule has 106 valence electrons. The number of carbonyl (C=O) groups is 1. The molecule has 0 radical (unpaired) electrons. The highest BCUT2D eigenvalue weighted by Gasteiger charge is 2.29. The monoisotopic (exact) mass is 268 g/mol. The van der Waals surface area contributed by atoms with E-state index >= 15 is 0 Å². The molecule has 1 aromatic carbocycles. The average molecular weight is 268 g/mol. The lowest BCUT2D eigenvalue weighted by atomic mass is 9.98. The van der Waals surface area contributed by atoms with Crippen molar-refractivity contribution in [2.75, 3.05) is 13.7 Å². The predicted molar refractivity (Wildman–Crippen MR) is 70.1 cm³/mol. The molecule has 0 saturated carbocycles. The van der Waals surface area contributed by atoms with Crippen LogP contribution in [0.5, 0.6) is 5.75 Å². The number of aliphatic hydroxyl groups is 2. The molecule has 0 aliphatic carbocycles. The van der Waals surface area contributed by atoms with Crippen LogP contribution in [-0.4, -0.2) is 36.0 Å². The number of carbonyl (C=O) groups excluding carboxylic acids is 1. The molecule has 0 aromatic heterocycles. The summed E-state index contributed by atoms with van der Waals surface area (Å²) in [5.74, 6) is -0.391. The fourth-order valence-electron chi connectivity index (χ4n) is 2.01. The summed E-state index contributed by atoms with van der Waals surface area (Å²) in [6, 6.07) is 3.57. The molecular formula is C14H20O5. The molecule has 19 heavy (non-hydrogen) atoms. The van der Waals surface area contributed by atoms with Crippen LogP contribution in [0.4, 0.5) is 0 Å². The highest BCUT2D eigenvalue weighted by molar-refractivity contribution is 5.75. The summed E-state index contributed by atoms with van der Waals surface area (Å²) >= 11 is 0. The molecule has 5 heteroatoms. The van der Waals surface area contributed by atoms with Crippen molar-refractivity contribution < 1.29 is 24.5 Å². The number of hydrogen-bond acceptors (Lipinski definition) is 5. The second kappa shape index (κ2) is 6.54. The molecule has 2 atom stereocenters. The number of aliphatic hydroxyl groups excluding tert-OH is 2. The van der Waals surface area contributed by atoms with Crippen LogP contribution in [0.15, 0.2) is 12.1 Å². The number of benzene rings is 1. The fourth-order valence-corrected chi connectivity index (χ4v) is 2.01. The molecule has 1 aromatic rings. The van der Waals surface area contributed by atoms with Crippen molar-refractivity contribution in [1.29, 1.82) is 0 Å². The molecule has 0 spiro atoms. The van der Waals surface area contributed by atoms with Crippen LogP contribution in [0.2, 0.25) is 0 Å². The average Bonchev–Trinajstić information content (AvgIpc) is 2.36. The molecule has 0 aliphatic heterocycles. The second-order valence-electron chi connectivity index (χ2n) is 4.35. The number of rotatable bonds is 5. The second-order valence-corrected chi connectivity index (χ2v) is 4.35. The molecule has 0 saturated heterocycles. The van der Waals surface area contributed by atoms with Crippen LogP contribution in [0.25, 0.3) is 0 Å². The van der Waals surface area contributed by atoms with Crippen molar-refractivity contribution in [3.63, 3.8) is 0 Å². The van der Waals surface area contributed by atoms with Gasteiger partial charge in [0.15, 0.2) is 6.10 Å². The lowest BCUT2D eigenvalue weighted by Crippen LogP contribution is -2.30. The van der Waals surface area contributed by atoms with Gasteiger partial charge < -0.3 is 19.7 Å². The first kappa shape index (κ1) is 15.5. The topological polar surface area (TPSA) is 76.0 Å². The third kappa shape index (κ3) is 3.45. The number of ether oxygens (including phenoxy) is 2. The van der Waals surface area contributed by atoms with Gasteiger partial charge in [0.2, 0.25) is 0 Å². The van der Waals surface area contributed by atoms with Crippen LogP contribution in [0.3, 0.4) is 0 Å². The van der Waals surface area contributed by atoms with E-state index < -0.39 is 18.2 Å². The number of methoxy groups -OCH3 is 1. The molecule has 5 nitrogen and oxygen atoms in total. The van der Waals surface area contributed by atoms with E-state index in [0.29, 0.717) is 11.3 Å². The lowest BCUT2D eigenvalue weighted by molar-refractivity contribution is -0.159. The Balaban J connectivity index is 3.11. The number of esters is 1. The van der Waals surface area contributed by atoms with Crippen molar-refractivity contribution in [2.24, 2.45) is 0 Å². The van der Waals surface area contributed by atoms with Gasteiger partial charge in [-0.05, 0) is 32.4 Å². The zero-order valence-corrected chi connectivity index (χ0v) is 11.6. The quantitative estimate of drug-likeness (QED) is 0.786. The molecule has 0 heterocycles. The summed E-state index contributed by atoms with van der Waals surface area (Å²) in [5, 5.41) is 19.9. The first-order chi connectivity index (χ1) is 8.92. The zero-order chi connectivity index (χ0) is 14.6. The Labute approximate surface area is 112 Å².